The zero-order chi connectivity index (χ0) is 14.0. The Morgan fingerprint density at radius 3 is 2.17 bits per heavy atom. The van der Waals surface area contributed by atoms with Crippen molar-refractivity contribution in [1.82, 2.24) is 5.32 Å². The van der Waals surface area contributed by atoms with E-state index in [1.54, 1.807) is 0 Å². The molecule has 4 nitrogen and oxygen atoms in total. The van der Waals surface area contributed by atoms with Gasteiger partial charge in [-0.1, -0.05) is 0 Å². The van der Waals surface area contributed by atoms with Crippen LogP contribution in [0.25, 0.3) is 0 Å². The smallest absolute Gasteiger partial charge is 0.389 e. The molecule has 0 aliphatic heterocycles. The lowest BCUT2D eigenvalue weighted by Gasteiger charge is -2.07. The Morgan fingerprint density at radius 2 is 1.61 bits per heavy atom. The van der Waals surface area contributed by atoms with Crippen molar-refractivity contribution in [1.29, 1.82) is 0 Å². The second-order valence-electron chi connectivity index (χ2n) is 4.02. The highest BCUT2D eigenvalue weighted by Gasteiger charge is 2.25. The molecule has 18 heavy (non-hydrogen) atoms. The molecule has 0 atom stereocenters. The van der Waals surface area contributed by atoms with Crippen LogP contribution in [0.2, 0.25) is 0 Å². The number of carbonyl (C=O) groups excluding carboxylic acids is 1. The third-order valence-electron chi connectivity index (χ3n) is 2.25. The molecule has 0 saturated carbocycles. The first-order chi connectivity index (χ1) is 8.31. The molecule has 0 rings (SSSR count). The lowest BCUT2D eigenvalue weighted by molar-refractivity contribution is -0.137. The highest BCUT2D eigenvalue weighted by Crippen LogP contribution is 2.21. The van der Waals surface area contributed by atoms with Gasteiger partial charge in [0, 0.05) is 25.8 Å². The van der Waals surface area contributed by atoms with Crippen molar-refractivity contribution < 1.29 is 27.9 Å². The zero-order valence-electron chi connectivity index (χ0n) is 10.1. The van der Waals surface area contributed by atoms with Gasteiger partial charge in [0.15, 0.2) is 0 Å². The summed E-state index contributed by atoms with van der Waals surface area (Å²) in [6.07, 6.45) is -3.53. The van der Waals surface area contributed by atoms with Crippen LogP contribution < -0.4 is 5.32 Å². The van der Waals surface area contributed by atoms with Crippen LogP contribution in [0.4, 0.5) is 13.2 Å². The summed E-state index contributed by atoms with van der Waals surface area (Å²) >= 11 is 0. The molecule has 7 heteroatoms. The maximum Gasteiger partial charge on any atom is 0.389 e. The van der Waals surface area contributed by atoms with E-state index in [1.807, 2.05) is 0 Å². The number of carboxylic acids is 1. The van der Waals surface area contributed by atoms with Crippen molar-refractivity contribution in [2.75, 3.05) is 6.54 Å². The molecule has 0 heterocycles. The molecular weight excluding hydrogens is 251 g/mol. The molecule has 0 unspecified atom stereocenters. The quantitative estimate of drug-likeness (QED) is 0.632. The molecule has 0 aliphatic carbocycles. The second kappa shape index (κ2) is 8.77. The summed E-state index contributed by atoms with van der Waals surface area (Å²) in [4.78, 5) is 21.3. The van der Waals surface area contributed by atoms with Gasteiger partial charge >= 0.3 is 12.1 Å². The van der Waals surface area contributed by atoms with Crippen molar-refractivity contribution in [3.05, 3.63) is 0 Å². The molecule has 0 aromatic rings. The Morgan fingerprint density at radius 1 is 1.00 bits per heavy atom. The van der Waals surface area contributed by atoms with Crippen LogP contribution >= 0.6 is 0 Å². The van der Waals surface area contributed by atoms with Crippen LogP contribution in [0.1, 0.15) is 44.9 Å². The number of nitrogens with one attached hydrogen (secondary N) is 1. The van der Waals surface area contributed by atoms with E-state index in [0.29, 0.717) is 19.3 Å². The summed E-state index contributed by atoms with van der Waals surface area (Å²) in [5, 5.41) is 10.9. The number of halogens is 3. The number of hydrogen-bond acceptors (Lipinski definition) is 2. The summed E-state index contributed by atoms with van der Waals surface area (Å²) in [5.74, 6) is -1.14. The number of amides is 1. The molecule has 0 saturated heterocycles. The molecule has 0 aliphatic rings. The first kappa shape index (κ1) is 16.7. The van der Waals surface area contributed by atoms with Gasteiger partial charge in [-0.15, -0.1) is 0 Å². The van der Waals surface area contributed by atoms with Crippen molar-refractivity contribution >= 4 is 11.9 Å². The Hall–Kier alpha value is -1.27. The fourth-order valence-corrected chi connectivity index (χ4v) is 1.33. The Bertz CT molecular complexity index is 267. The van der Waals surface area contributed by atoms with Gasteiger partial charge < -0.3 is 10.4 Å². The molecule has 0 fully saturated rings. The van der Waals surface area contributed by atoms with Gasteiger partial charge in [-0.3, -0.25) is 9.59 Å². The second-order valence-corrected chi connectivity index (χ2v) is 4.02. The normalized spacial score (nSPS) is 11.3. The number of aliphatic carboxylic acids is 1. The number of rotatable bonds is 9. The topological polar surface area (TPSA) is 66.4 Å². The third kappa shape index (κ3) is 12.8. The summed E-state index contributed by atoms with van der Waals surface area (Å²) in [7, 11) is 0. The maximum absolute atomic E-state index is 11.8. The van der Waals surface area contributed by atoms with Crippen molar-refractivity contribution in [3.63, 3.8) is 0 Å². The van der Waals surface area contributed by atoms with Gasteiger partial charge in [0.05, 0.1) is 0 Å². The first-order valence-electron chi connectivity index (χ1n) is 5.86. The molecule has 1 amide bonds. The summed E-state index contributed by atoms with van der Waals surface area (Å²) in [5.41, 5.74) is 0. The summed E-state index contributed by atoms with van der Waals surface area (Å²) in [6, 6.07) is 0. The molecule has 0 bridgehead atoms. The summed E-state index contributed by atoms with van der Waals surface area (Å²) in [6.45, 7) is 0.230. The molecule has 0 radical (unpaired) electrons. The van der Waals surface area contributed by atoms with E-state index in [9.17, 15) is 22.8 Å². The Labute approximate surface area is 104 Å². The monoisotopic (exact) mass is 269 g/mol. The average molecular weight is 269 g/mol. The van der Waals surface area contributed by atoms with Gasteiger partial charge in [-0.2, -0.15) is 13.2 Å². The van der Waals surface area contributed by atoms with Gasteiger partial charge in [-0.25, -0.2) is 0 Å². The van der Waals surface area contributed by atoms with Crippen molar-refractivity contribution in [3.8, 4) is 0 Å². The van der Waals surface area contributed by atoms with E-state index in [-0.39, 0.29) is 31.7 Å². The lowest BCUT2D eigenvalue weighted by Crippen LogP contribution is -2.24. The number of carboxylic acid groups (broad SMARTS) is 1. The molecular formula is C11H18F3NO3. The fourth-order valence-electron chi connectivity index (χ4n) is 1.33. The minimum absolute atomic E-state index is 0.00277. The highest BCUT2D eigenvalue weighted by molar-refractivity contribution is 5.75. The average Bonchev–Trinajstić information content (AvgIpc) is 2.22. The number of alkyl halides is 3. The van der Waals surface area contributed by atoms with Crippen LogP contribution in [0.15, 0.2) is 0 Å². The van der Waals surface area contributed by atoms with Crippen LogP contribution in [0.3, 0.4) is 0 Å². The van der Waals surface area contributed by atoms with E-state index in [0.717, 1.165) is 0 Å². The Kier molecular flexibility index (Phi) is 8.15. The Balaban J connectivity index is 3.35. The van der Waals surface area contributed by atoms with E-state index in [4.69, 9.17) is 5.11 Å². The molecule has 0 aromatic carbocycles. The van der Waals surface area contributed by atoms with Crippen LogP contribution in [0, 0.1) is 0 Å². The number of hydrogen-bond donors (Lipinski definition) is 2. The third-order valence-corrected chi connectivity index (χ3v) is 2.25. The van der Waals surface area contributed by atoms with Crippen LogP contribution in [-0.4, -0.2) is 29.7 Å². The molecule has 0 aromatic heterocycles. The van der Waals surface area contributed by atoms with Gasteiger partial charge in [-0.05, 0) is 25.7 Å². The fraction of sp³-hybridized carbons (Fsp3) is 0.818. The van der Waals surface area contributed by atoms with Crippen LogP contribution in [0.5, 0.6) is 0 Å². The molecule has 2 N–H and O–H groups in total. The van der Waals surface area contributed by atoms with E-state index >= 15 is 0 Å². The van der Waals surface area contributed by atoms with Crippen LogP contribution in [-0.2, 0) is 9.59 Å². The first-order valence-corrected chi connectivity index (χ1v) is 5.86. The zero-order valence-corrected chi connectivity index (χ0v) is 10.1. The number of carbonyl (C=O) groups is 2. The predicted molar refractivity (Wildman–Crippen MR) is 59.0 cm³/mol. The van der Waals surface area contributed by atoms with Crippen molar-refractivity contribution in [2.45, 2.75) is 51.1 Å². The predicted octanol–water partition coefficient (Wildman–Crippen LogP) is 2.48. The van der Waals surface area contributed by atoms with E-state index in [1.165, 1.54) is 0 Å². The number of unbranched alkanes of at least 4 members (excludes halogenated alkanes) is 2. The molecule has 0 spiro atoms. The largest absolute Gasteiger partial charge is 0.481 e. The van der Waals surface area contributed by atoms with E-state index in [2.05, 4.69) is 5.32 Å². The SMILES string of the molecule is O=C(O)CCCCC(=O)NCCCCC(F)(F)F. The lowest BCUT2D eigenvalue weighted by atomic mass is 10.2. The minimum atomic E-state index is -4.14. The highest BCUT2D eigenvalue weighted by atomic mass is 19.4. The standard InChI is InChI=1S/C11H18F3NO3/c12-11(13,14)7-3-4-8-15-9(16)5-1-2-6-10(17)18/h1-8H2,(H,15,16)(H,17,18). The van der Waals surface area contributed by atoms with Crippen molar-refractivity contribution in [2.24, 2.45) is 0 Å². The van der Waals surface area contributed by atoms with Gasteiger partial charge in [0.25, 0.3) is 0 Å². The van der Waals surface area contributed by atoms with Gasteiger partial charge in [0.1, 0.15) is 0 Å². The van der Waals surface area contributed by atoms with Gasteiger partial charge in [0.2, 0.25) is 5.91 Å². The maximum atomic E-state index is 11.8. The minimum Gasteiger partial charge on any atom is -0.481 e. The molecule has 106 valence electrons. The summed E-state index contributed by atoms with van der Waals surface area (Å²) < 4.78 is 35.3. The van der Waals surface area contributed by atoms with E-state index < -0.39 is 18.6 Å².